The van der Waals surface area contributed by atoms with E-state index in [-0.39, 0.29) is 6.04 Å². The van der Waals surface area contributed by atoms with E-state index in [1.165, 1.54) is 16.5 Å². The van der Waals surface area contributed by atoms with E-state index >= 15 is 0 Å². The summed E-state index contributed by atoms with van der Waals surface area (Å²) in [6.45, 7) is 7.72. The van der Waals surface area contributed by atoms with Gasteiger partial charge in [-0.15, -0.1) is 0 Å². The maximum Gasteiger partial charge on any atom is 0.408 e. The van der Waals surface area contributed by atoms with Crippen molar-refractivity contribution in [3.05, 3.63) is 71.4 Å². The van der Waals surface area contributed by atoms with Crippen LogP contribution < -0.4 is 5.32 Å². The third-order valence-corrected chi connectivity index (χ3v) is 4.61. The largest absolute Gasteiger partial charge is 0.444 e. The molecule has 0 saturated heterocycles. The molecule has 0 radical (unpaired) electrons. The van der Waals surface area contributed by atoms with Crippen LogP contribution in [0.25, 0.3) is 10.9 Å². The van der Waals surface area contributed by atoms with Crippen molar-refractivity contribution in [3.8, 4) is 0 Å². The molecule has 0 aliphatic carbocycles. The summed E-state index contributed by atoms with van der Waals surface area (Å²) >= 11 is 0. The number of carbonyl (C=O) groups excluding carboxylic acids is 1. The second kappa shape index (κ2) is 7.87. The Hall–Kier alpha value is -2.75. The Morgan fingerprint density at radius 1 is 1.07 bits per heavy atom. The van der Waals surface area contributed by atoms with Gasteiger partial charge in [0.05, 0.1) is 6.04 Å². The number of para-hydroxylation sites is 1. The van der Waals surface area contributed by atoms with Gasteiger partial charge in [0.2, 0.25) is 0 Å². The van der Waals surface area contributed by atoms with Crippen molar-refractivity contribution in [1.29, 1.82) is 0 Å². The molecule has 1 amide bonds. The topological polar surface area (TPSA) is 54.1 Å². The van der Waals surface area contributed by atoms with Crippen LogP contribution in [0.3, 0.4) is 0 Å². The first-order valence-electron chi connectivity index (χ1n) is 9.44. The van der Waals surface area contributed by atoms with Crippen LogP contribution in [0.15, 0.2) is 54.6 Å². The highest BCUT2D eigenvalue weighted by Gasteiger charge is 2.23. The van der Waals surface area contributed by atoms with Gasteiger partial charge in [0.1, 0.15) is 5.60 Å². The third kappa shape index (κ3) is 4.91. The van der Waals surface area contributed by atoms with Crippen molar-refractivity contribution >= 4 is 17.0 Å². The average Bonchev–Trinajstić information content (AvgIpc) is 2.95. The van der Waals surface area contributed by atoms with Gasteiger partial charge in [-0.3, -0.25) is 0 Å². The standard InChI is InChI=1S/C23H28N2O2/c1-16-18-12-8-9-13-19(18)24-21(16)20(25-22(26)27-23(2,3)4)15-14-17-10-6-5-7-11-17/h5-13,20,24H,14-15H2,1-4H3,(H,25,26). The Kier molecular flexibility index (Phi) is 5.54. The molecule has 142 valence electrons. The number of aromatic amines is 1. The van der Waals surface area contributed by atoms with Gasteiger partial charge in [-0.1, -0.05) is 48.5 Å². The molecule has 27 heavy (non-hydrogen) atoms. The van der Waals surface area contributed by atoms with E-state index in [2.05, 4.69) is 41.5 Å². The number of benzene rings is 2. The molecule has 2 N–H and O–H groups in total. The second-order valence-electron chi connectivity index (χ2n) is 7.93. The quantitative estimate of drug-likeness (QED) is 0.612. The third-order valence-electron chi connectivity index (χ3n) is 4.61. The summed E-state index contributed by atoms with van der Waals surface area (Å²) in [5.74, 6) is 0. The molecular formula is C23H28N2O2. The summed E-state index contributed by atoms with van der Waals surface area (Å²) < 4.78 is 5.49. The number of alkyl carbamates (subject to hydrolysis) is 1. The lowest BCUT2D eigenvalue weighted by Crippen LogP contribution is -2.35. The van der Waals surface area contributed by atoms with Crippen LogP contribution >= 0.6 is 0 Å². The van der Waals surface area contributed by atoms with E-state index in [0.717, 1.165) is 24.1 Å². The van der Waals surface area contributed by atoms with Gasteiger partial charge in [0, 0.05) is 16.6 Å². The molecule has 0 bridgehead atoms. The zero-order chi connectivity index (χ0) is 19.4. The summed E-state index contributed by atoms with van der Waals surface area (Å²) in [6.07, 6.45) is 1.27. The van der Waals surface area contributed by atoms with Crippen LogP contribution in [0.2, 0.25) is 0 Å². The minimum absolute atomic E-state index is 0.146. The fraction of sp³-hybridized carbons (Fsp3) is 0.348. The van der Waals surface area contributed by atoms with Crippen LogP contribution in [-0.4, -0.2) is 16.7 Å². The number of aromatic nitrogens is 1. The Labute approximate surface area is 160 Å². The first-order chi connectivity index (χ1) is 12.8. The van der Waals surface area contributed by atoms with Crippen molar-refractivity contribution in [2.45, 2.75) is 52.2 Å². The predicted octanol–water partition coefficient (Wildman–Crippen LogP) is 5.67. The number of fused-ring (bicyclic) bond motifs is 1. The van der Waals surface area contributed by atoms with Crippen LogP contribution in [0.1, 0.15) is 50.1 Å². The SMILES string of the molecule is Cc1c(C(CCc2ccccc2)NC(=O)OC(C)(C)C)[nH]c2ccccc12. The van der Waals surface area contributed by atoms with E-state index in [0.29, 0.717) is 0 Å². The number of ether oxygens (including phenoxy) is 1. The van der Waals surface area contributed by atoms with Crippen molar-refractivity contribution in [2.75, 3.05) is 0 Å². The van der Waals surface area contributed by atoms with Gasteiger partial charge in [0.25, 0.3) is 0 Å². The number of nitrogens with one attached hydrogen (secondary N) is 2. The maximum absolute atomic E-state index is 12.4. The number of hydrogen-bond acceptors (Lipinski definition) is 2. The summed E-state index contributed by atoms with van der Waals surface area (Å²) in [6, 6.07) is 18.4. The molecule has 0 spiro atoms. The molecule has 1 unspecified atom stereocenters. The minimum Gasteiger partial charge on any atom is -0.444 e. The van der Waals surface area contributed by atoms with Crippen LogP contribution in [0, 0.1) is 6.92 Å². The van der Waals surface area contributed by atoms with Gasteiger partial charge < -0.3 is 15.0 Å². The number of H-pyrrole nitrogens is 1. The maximum atomic E-state index is 12.4. The molecule has 1 atom stereocenters. The molecule has 0 aliphatic heterocycles. The molecular weight excluding hydrogens is 336 g/mol. The molecule has 4 nitrogen and oxygen atoms in total. The molecule has 0 saturated carbocycles. The lowest BCUT2D eigenvalue weighted by atomic mass is 10.0. The molecule has 0 aliphatic rings. The second-order valence-corrected chi connectivity index (χ2v) is 7.93. The molecule has 0 fully saturated rings. The Balaban J connectivity index is 1.86. The average molecular weight is 364 g/mol. The van der Waals surface area contributed by atoms with Gasteiger partial charge >= 0.3 is 6.09 Å². The van der Waals surface area contributed by atoms with Crippen molar-refractivity contribution in [1.82, 2.24) is 10.3 Å². The van der Waals surface area contributed by atoms with Gasteiger partial charge in [-0.05, 0) is 57.7 Å². The number of rotatable bonds is 5. The molecule has 2 aromatic carbocycles. The molecule has 1 heterocycles. The number of amides is 1. The first-order valence-corrected chi connectivity index (χ1v) is 9.44. The summed E-state index contributed by atoms with van der Waals surface area (Å²) in [7, 11) is 0. The monoisotopic (exact) mass is 364 g/mol. The fourth-order valence-corrected chi connectivity index (χ4v) is 3.35. The van der Waals surface area contributed by atoms with Gasteiger partial charge in [-0.25, -0.2) is 4.79 Å². The summed E-state index contributed by atoms with van der Waals surface area (Å²) in [5.41, 5.74) is 4.02. The highest BCUT2D eigenvalue weighted by Crippen LogP contribution is 2.28. The van der Waals surface area contributed by atoms with Gasteiger partial charge in [-0.2, -0.15) is 0 Å². The van der Waals surface area contributed by atoms with E-state index in [1.54, 1.807) is 0 Å². The molecule has 3 aromatic rings. The minimum atomic E-state index is -0.524. The smallest absolute Gasteiger partial charge is 0.408 e. The van der Waals surface area contributed by atoms with Gasteiger partial charge in [0.15, 0.2) is 0 Å². The Bertz CT molecular complexity index is 907. The van der Waals surface area contributed by atoms with Crippen LogP contribution in [0.5, 0.6) is 0 Å². The molecule has 3 rings (SSSR count). The Morgan fingerprint density at radius 2 is 1.74 bits per heavy atom. The zero-order valence-corrected chi connectivity index (χ0v) is 16.5. The molecule has 1 aromatic heterocycles. The van der Waals surface area contributed by atoms with E-state index in [1.807, 2.05) is 51.1 Å². The highest BCUT2D eigenvalue weighted by atomic mass is 16.6. The summed E-state index contributed by atoms with van der Waals surface area (Å²) in [5, 5.41) is 4.25. The van der Waals surface area contributed by atoms with E-state index in [4.69, 9.17) is 4.74 Å². The molecule has 4 heteroatoms. The first kappa shape index (κ1) is 19.0. The predicted molar refractivity (Wildman–Crippen MR) is 110 cm³/mol. The summed E-state index contributed by atoms with van der Waals surface area (Å²) in [4.78, 5) is 15.9. The normalized spacial score (nSPS) is 12.7. The van der Waals surface area contributed by atoms with Crippen LogP contribution in [-0.2, 0) is 11.2 Å². The van der Waals surface area contributed by atoms with E-state index in [9.17, 15) is 4.79 Å². The number of aryl methyl sites for hydroxylation is 2. The lowest BCUT2D eigenvalue weighted by molar-refractivity contribution is 0.0500. The van der Waals surface area contributed by atoms with E-state index < -0.39 is 11.7 Å². The highest BCUT2D eigenvalue weighted by molar-refractivity contribution is 5.84. The lowest BCUT2D eigenvalue weighted by Gasteiger charge is -2.24. The fourth-order valence-electron chi connectivity index (χ4n) is 3.35. The zero-order valence-electron chi connectivity index (χ0n) is 16.5. The number of hydrogen-bond donors (Lipinski definition) is 2. The van der Waals surface area contributed by atoms with Crippen molar-refractivity contribution in [3.63, 3.8) is 0 Å². The van der Waals surface area contributed by atoms with Crippen LogP contribution in [0.4, 0.5) is 4.79 Å². The van der Waals surface area contributed by atoms with Crippen molar-refractivity contribution in [2.24, 2.45) is 0 Å². The Morgan fingerprint density at radius 3 is 2.41 bits per heavy atom. The van der Waals surface area contributed by atoms with Crippen molar-refractivity contribution < 1.29 is 9.53 Å². The number of carbonyl (C=O) groups is 1.